The molecule has 0 saturated carbocycles. The molecule has 2 atom stereocenters. The molecule has 2 aromatic rings. The second kappa shape index (κ2) is 8.45. The van der Waals surface area contributed by atoms with Gasteiger partial charge in [0.15, 0.2) is 0 Å². The van der Waals surface area contributed by atoms with E-state index in [-0.39, 0.29) is 19.1 Å². The number of nitrogens with zero attached hydrogens (tertiary/aromatic N) is 1. The molecule has 3 rings (SSSR count). The number of benzene rings is 2. The zero-order chi connectivity index (χ0) is 18.4. The van der Waals surface area contributed by atoms with Crippen molar-refractivity contribution in [1.82, 2.24) is 4.90 Å². The van der Waals surface area contributed by atoms with Crippen LogP contribution in [-0.4, -0.2) is 40.8 Å². The Kier molecular flexibility index (Phi) is 5.81. The lowest BCUT2D eigenvalue weighted by molar-refractivity contribution is -0.130. The number of rotatable bonds is 6. The molecule has 1 saturated heterocycles. The number of ether oxygens (including phenoxy) is 1. The highest BCUT2D eigenvalue weighted by atomic mass is 16.6. The van der Waals surface area contributed by atoms with Crippen LogP contribution in [0.4, 0.5) is 4.79 Å². The Bertz CT molecular complexity index is 773. The lowest BCUT2D eigenvalue weighted by Crippen LogP contribution is -2.41. The molecular weight excluding hydrogens is 330 g/mol. The van der Waals surface area contributed by atoms with Crippen LogP contribution in [0.15, 0.2) is 66.7 Å². The summed E-state index contributed by atoms with van der Waals surface area (Å²) in [7, 11) is 0. The number of amides is 2. The number of hydrogen-bond acceptors (Lipinski definition) is 4. The maximum Gasteiger partial charge on any atom is 0.416 e. The Balaban J connectivity index is 1.61. The van der Waals surface area contributed by atoms with Crippen LogP contribution in [0.3, 0.4) is 0 Å². The van der Waals surface area contributed by atoms with Crippen LogP contribution in [0, 0.1) is 0 Å². The van der Waals surface area contributed by atoms with Gasteiger partial charge in [-0.2, -0.15) is 0 Å². The molecule has 1 N–H and O–H groups in total. The fourth-order valence-electron chi connectivity index (χ4n) is 2.93. The van der Waals surface area contributed by atoms with Crippen molar-refractivity contribution >= 4 is 18.1 Å². The number of carbonyl (C=O) groups is 2. The first-order chi connectivity index (χ1) is 12.6. The van der Waals surface area contributed by atoms with Crippen molar-refractivity contribution in [3.8, 4) is 0 Å². The molecule has 0 radical (unpaired) electrons. The van der Waals surface area contributed by atoms with Gasteiger partial charge in [0.1, 0.15) is 6.61 Å². The summed E-state index contributed by atoms with van der Waals surface area (Å²) >= 11 is 0. The lowest BCUT2D eigenvalue weighted by atomic mass is 10.1. The zero-order valence-electron chi connectivity index (χ0n) is 14.3. The van der Waals surface area contributed by atoms with Crippen LogP contribution in [-0.2, 0) is 16.0 Å². The number of carbonyl (C=O) groups excluding carboxylic acids is 2. The quantitative estimate of drug-likeness (QED) is 0.869. The van der Waals surface area contributed by atoms with Gasteiger partial charge in [0.25, 0.3) is 0 Å². The number of aliphatic hydroxyl groups is 1. The molecular formula is C21H21NO4. The van der Waals surface area contributed by atoms with Crippen molar-refractivity contribution in [2.24, 2.45) is 0 Å². The van der Waals surface area contributed by atoms with Crippen molar-refractivity contribution in [3.63, 3.8) is 0 Å². The van der Waals surface area contributed by atoms with Gasteiger partial charge in [-0.1, -0.05) is 72.8 Å². The van der Waals surface area contributed by atoms with Crippen molar-refractivity contribution in [2.45, 2.75) is 25.0 Å². The average molecular weight is 351 g/mol. The van der Waals surface area contributed by atoms with E-state index in [1.54, 1.807) is 12.2 Å². The lowest BCUT2D eigenvalue weighted by Gasteiger charge is -2.20. The Labute approximate surface area is 152 Å². The average Bonchev–Trinajstić information content (AvgIpc) is 3.02. The van der Waals surface area contributed by atoms with Crippen molar-refractivity contribution in [2.75, 3.05) is 6.61 Å². The minimum Gasteiger partial charge on any atom is -0.447 e. The van der Waals surface area contributed by atoms with E-state index >= 15 is 0 Å². The van der Waals surface area contributed by atoms with E-state index in [0.717, 1.165) is 16.0 Å². The Morgan fingerprint density at radius 3 is 2.50 bits per heavy atom. The number of hydrogen-bond donors (Lipinski definition) is 1. The van der Waals surface area contributed by atoms with Crippen molar-refractivity contribution in [1.29, 1.82) is 0 Å². The highest BCUT2D eigenvalue weighted by Gasteiger charge is 2.38. The normalized spacial score (nSPS) is 18.1. The molecule has 0 bridgehead atoms. The fourth-order valence-corrected chi connectivity index (χ4v) is 2.93. The van der Waals surface area contributed by atoms with E-state index in [1.165, 1.54) is 0 Å². The predicted molar refractivity (Wildman–Crippen MR) is 98.2 cm³/mol. The third kappa shape index (κ3) is 4.58. The standard InChI is InChI=1S/C21H21NO4/c23-19(12-11-16-7-3-1-4-8-16)14-20(24)22-18(15-26-21(22)25)13-17-9-5-2-6-10-17/h1-12,18-19,23H,13-15H2/b12-11+/t18?,19-/m0/s1. The maximum atomic E-state index is 12.5. The minimum atomic E-state index is -0.964. The largest absolute Gasteiger partial charge is 0.447 e. The number of imide groups is 1. The number of cyclic esters (lactones) is 1. The van der Waals surface area contributed by atoms with E-state index in [2.05, 4.69) is 0 Å². The van der Waals surface area contributed by atoms with Crippen LogP contribution >= 0.6 is 0 Å². The van der Waals surface area contributed by atoms with Gasteiger partial charge in [-0.05, 0) is 17.5 Å². The Morgan fingerprint density at radius 1 is 1.15 bits per heavy atom. The molecule has 134 valence electrons. The first-order valence-electron chi connectivity index (χ1n) is 8.57. The third-order valence-corrected chi connectivity index (χ3v) is 4.24. The number of aliphatic hydroxyl groups excluding tert-OH is 1. The van der Waals surface area contributed by atoms with Gasteiger partial charge in [-0.25, -0.2) is 9.69 Å². The molecule has 1 fully saturated rings. The molecule has 5 heteroatoms. The monoisotopic (exact) mass is 351 g/mol. The van der Waals surface area contributed by atoms with Gasteiger partial charge < -0.3 is 9.84 Å². The van der Waals surface area contributed by atoms with Crippen LogP contribution < -0.4 is 0 Å². The van der Waals surface area contributed by atoms with Crippen LogP contribution in [0.2, 0.25) is 0 Å². The predicted octanol–water partition coefficient (Wildman–Crippen LogP) is 3.04. The highest BCUT2D eigenvalue weighted by molar-refractivity contribution is 5.94. The summed E-state index contributed by atoms with van der Waals surface area (Å²) in [4.78, 5) is 25.6. The van der Waals surface area contributed by atoms with Gasteiger partial charge in [-0.3, -0.25) is 4.79 Å². The minimum absolute atomic E-state index is 0.163. The van der Waals surface area contributed by atoms with Crippen LogP contribution in [0.1, 0.15) is 17.5 Å². The summed E-state index contributed by atoms with van der Waals surface area (Å²) in [5.74, 6) is -0.432. The second-order valence-corrected chi connectivity index (χ2v) is 6.23. The van der Waals surface area contributed by atoms with Gasteiger partial charge in [0.05, 0.1) is 18.6 Å². The van der Waals surface area contributed by atoms with Gasteiger partial charge in [0, 0.05) is 0 Å². The van der Waals surface area contributed by atoms with E-state index in [4.69, 9.17) is 4.74 Å². The molecule has 2 aromatic carbocycles. The van der Waals surface area contributed by atoms with E-state index in [0.29, 0.717) is 6.42 Å². The summed E-state index contributed by atoms with van der Waals surface area (Å²) < 4.78 is 5.05. The summed E-state index contributed by atoms with van der Waals surface area (Å²) in [5.41, 5.74) is 1.96. The zero-order valence-corrected chi connectivity index (χ0v) is 14.3. The molecule has 0 aromatic heterocycles. The van der Waals surface area contributed by atoms with Crippen LogP contribution in [0.25, 0.3) is 6.08 Å². The van der Waals surface area contributed by atoms with E-state index in [9.17, 15) is 14.7 Å². The molecule has 1 aliphatic rings. The first-order valence-corrected chi connectivity index (χ1v) is 8.57. The molecule has 1 heterocycles. The topological polar surface area (TPSA) is 66.8 Å². The summed E-state index contributed by atoms with van der Waals surface area (Å²) in [5, 5.41) is 10.1. The fraction of sp³-hybridized carbons (Fsp3) is 0.238. The smallest absolute Gasteiger partial charge is 0.416 e. The van der Waals surface area contributed by atoms with Gasteiger partial charge in [0.2, 0.25) is 5.91 Å². The van der Waals surface area contributed by atoms with Crippen molar-refractivity contribution in [3.05, 3.63) is 77.9 Å². The summed E-state index contributed by atoms with van der Waals surface area (Å²) in [6.07, 6.45) is 2.07. The maximum absolute atomic E-state index is 12.5. The molecule has 1 unspecified atom stereocenters. The highest BCUT2D eigenvalue weighted by Crippen LogP contribution is 2.19. The molecule has 1 aliphatic heterocycles. The van der Waals surface area contributed by atoms with E-state index < -0.39 is 18.1 Å². The summed E-state index contributed by atoms with van der Waals surface area (Å²) in [6.45, 7) is 0.176. The molecule has 0 aliphatic carbocycles. The Hall–Kier alpha value is -2.92. The Morgan fingerprint density at radius 2 is 1.81 bits per heavy atom. The van der Waals surface area contributed by atoms with Gasteiger partial charge >= 0.3 is 6.09 Å². The van der Waals surface area contributed by atoms with E-state index in [1.807, 2.05) is 60.7 Å². The molecule has 5 nitrogen and oxygen atoms in total. The summed E-state index contributed by atoms with van der Waals surface area (Å²) in [6, 6.07) is 18.8. The first kappa shape index (κ1) is 17.9. The van der Waals surface area contributed by atoms with Gasteiger partial charge in [-0.15, -0.1) is 0 Å². The second-order valence-electron chi connectivity index (χ2n) is 6.23. The van der Waals surface area contributed by atoms with Crippen LogP contribution in [0.5, 0.6) is 0 Å². The molecule has 0 spiro atoms. The molecule has 2 amide bonds. The molecule has 26 heavy (non-hydrogen) atoms. The van der Waals surface area contributed by atoms with Crippen molar-refractivity contribution < 1.29 is 19.4 Å². The third-order valence-electron chi connectivity index (χ3n) is 4.24. The SMILES string of the molecule is O=C(C[C@@H](O)/C=C/c1ccccc1)N1C(=O)OCC1Cc1ccccc1.